The van der Waals surface area contributed by atoms with Crippen molar-refractivity contribution in [2.24, 2.45) is 4.99 Å². The summed E-state index contributed by atoms with van der Waals surface area (Å²) in [6.45, 7) is 0. The Morgan fingerprint density at radius 2 is 1.75 bits per heavy atom. The van der Waals surface area contributed by atoms with Crippen LogP contribution in [0, 0.1) is 11.3 Å². The molecule has 0 bridgehead atoms. The quantitative estimate of drug-likeness (QED) is 0.782. The predicted octanol–water partition coefficient (Wildman–Crippen LogP) is 3.98. The minimum absolute atomic E-state index is 0.637. The van der Waals surface area contributed by atoms with Crippen molar-refractivity contribution < 1.29 is 4.74 Å². The number of hydrogen-bond donors (Lipinski definition) is 0. The average Bonchev–Trinajstić information content (AvgIpc) is 2.53. The van der Waals surface area contributed by atoms with Crippen LogP contribution < -0.4 is 4.74 Å². The third kappa shape index (κ3) is 3.82. The van der Waals surface area contributed by atoms with Gasteiger partial charge in [0.25, 0.3) is 0 Å². The molecule has 0 spiro atoms. The number of ether oxygens (including phenoxy) is 1. The van der Waals surface area contributed by atoms with Gasteiger partial charge in [-0.2, -0.15) is 5.26 Å². The van der Waals surface area contributed by atoms with Crippen LogP contribution in [0.2, 0.25) is 0 Å². The molecular weight excluding hydrogens is 248 g/mol. The standard InChI is InChI=1S/C17H14N2O/c1-20-17-10-6-14(7-11-17)3-2-12-19-16-8-4-15(13-18)5-9-16/h2-12H,1H3/b3-2+,19-12?. The fraction of sp³-hybridized carbons (Fsp3) is 0.0588. The average molecular weight is 262 g/mol. The second kappa shape index (κ2) is 6.91. The summed E-state index contributed by atoms with van der Waals surface area (Å²) in [5, 5.41) is 8.70. The van der Waals surface area contributed by atoms with Crippen LogP contribution in [0.5, 0.6) is 5.75 Å². The van der Waals surface area contributed by atoms with E-state index in [1.54, 1.807) is 25.5 Å². The lowest BCUT2D eigenvalue weighted by atomic mass is 10.2. The van der Waals surface area contributed by atoms with Gasteiger partial charge in [0.15, 0.2) is 0 Å². The topological polar surface area (TPSA) is 45.4 Å². The van der Waals surface area contributed by atoms with Crippen molar-refractivity contribution in [3.05, 3.63) is 65.7 Å². The Hall–Kier alpha value is -2.86. The largest absolute Gasteiger partial charge is 0.497 e. The number of allylic oxidation sites excluding steroid dienone is 1. The smallest absolute Gasteiger partial charge is 0.118 e. The molecule has 0 aliphatic heterocycles. The van der Waals surface area contributed by atoms with E-state index in [1.807, 2.05) is 48.6 Å². The molecule has 0 unspecified atom stereocenters. The van der Waals surface area contributed by atoms with E-state index in [0.717, 1.165) is 17.0 Å². The number of nitrogens with zero attached hydrogens (tertiary/aromatic N) is 2. The first-order valence-electron chi connectivity index (χ1n) is 6.17. The molecule has 3 nitrogen and oxygen atoms in total. The molecule has 0 heterocycles. The van der Waals surface area contributed by atoms with Crippen LogP contribution in [-0.4, -0.2) is 13.3 Å². The van der Waals surface area contributed by atoms with E-state index in [4.69, 9.17) is 10.00 Å². The molecule has 3 heteroatoms. The fourth-order valence-corrected chi connectivity index (χ4v) is 1.62. The van der Waals surface area contributed by atoms with Crippen molar-refractivity contribution in [2.45, 2.75) is 0 Å². The summed E-state index contributed by atoms with van der Waals surface area (Å²) in [6, 6.07) is 17.0. The third-order valence-electron chi connectivity index (χ3n) is 2.71. The van der Waals surface area contributed by atoms with E-state index < -0.39 is 0 Å². The predicted molar refractivity (Wildman–Crippen MR) is 81.3 cm³/mol. The maximum absolute atomic E-state index is 8.70. The Labute approximate surface area is 118 Å². The number of hydrogen-bond acceptors (Lipinski definition) is 3. The molecule has 0 aliphatic carbocycles. The molecule has 0 atom stereocenters. The maximum atomic E-state index is 8.70. The minimum Gasteiger partial charge on any atom is -0.497 e. The highest BCUT2D eigenvalue weighted by molar-refractivity contribution is 5.80. The summed E-state index contributed by atoms with van der Waals surface area (Å²) in [6.07, 6.45) is 5.57. The lowest BCUT2D eigenvalue weighted by Gasteiger charge is -1.98. The van der Waals surface area contributed by atoms with E-state index >= 15 is 0 Å². The van der Waals surface area contributed by atoms with Gasteiger partial charge in [-0.15, -0.1) is 0 Å². The number of methoxy groups -OCH3 is 1. The van der Waals surface area contributed by atoms with E-state index in [-0.39, 0.29) is 0 Å². The highest BCUT2D eigenvalue weighted by Gasteiger charge is 1.90. The normalized spacial score (nSPS) is 10.8. The van der Waals surface area contributed by atoms with Crippen molar-refractivity contribution in [1.82, 2.24) is 0 Å². The summed E-state index contributed by atoms with van der Waals surface area (Å²) in [7, 11) is 1.65. The molecule has 2 aromatic carbocycles. The molecule has 0 saturated carbocycles. The summed E-state index contributed by atoms with van der Waals surface area (Å²) in [4.78, 5) is 4.28. The van der Waals surface area contributed by atoms with Crippen LogP contribution in [0.3, 0.4) is 0 Å². The van der Waals surface area contributed by atoms with Crippen LogP contribution in [0.15, 0.2) is 59.6 Å². The first-order valence-corrected chi connectivity index (χ1v) is 6.17. The molecule has 0 fully saturated rings. The Balaban J connectivity index is 1.97. The van der Waals surface area contributed by atoms with Gasteiger partial charge in [-0.25, -0.2) is 0 Å². The van der Waals surface area contributed by atoms with Gasteiger partial charge in [0.2, 0.25) is 0 Å². The molecule has 2 rings (SSSR count). The number of aliphatic imine (C=N–C) groups is 1. The Kier molecular flexibility index (Phi) is 4.69. The van der Waals surface area contributed by atoms with Crippen LogP contribution in [0.1, 0.15) is 11.1 Å². The van der Waals surface area contributed by atoms with Gasteiger partial charge in [-0.05, 0) is 48.0 Å². The maximum Gasteiger partial charge on any atom is 0.118 e. The van der Waals surface area contributed by atoms with Crippen LogP contribution in [0.4, 0.5) is 5.69 Å². The molecule has 0 amide bonds. The lowest BCUT2D eigenvalue weighted by molar-refractivity contribution is 0.415. The molecular formula is C17H14N2O. The highest BCUT2D eigenvalue weighted by Crippen LogP contribution is 2.13. The fourth-order valence-electron chi connectivity index (χ4n) is 1.62. The van der Waals surface area contributed by atoms with Crippen molar-refractivity contribution in [1.29, 1.82) is 5.26 Å². The summed E-state index contributed by atoms with van der Waals surface area (Å²) in [5.74, 6) is 0.841. The zero-order chi connectivity index (χ0) is 14.2. The van der Waals surface area contributed by atoms with Crippen LogP contribution in [0.25, 0.3) is 6.08 Å². The summed E-state index contributed by atoms with van der Waals surface area (Å²) in [5.41, 5.74) is 2.54. The summed E-state index contributed by atoms with van der Waals surface area (Å²) < 4.78 is 5.10. The van der Waals surface area contributed by atoms with Gasteiger partial charge >= 0.3 is 0 Å². The van der Waals surface area contributed by atoms with E-state index in [1.165, 1.54) is 0 Å². The van der Waals surface area contributed by atoms with E-state index in [2.05, 4.69) is 11.1 Å². The number of benzene rings is 2. The van der Waals surface area contributed by atoms with Crippen molar-refractivity contribution in [2.75, 3.05) is 7.11 Å². The van der Waals surface area contributed by atoms with E-state index in [0.29, 0.717) is 5.56 Å². The number of rotatable bonds is 4. The second-order valence-electron chi connectivity index (χ2n) is 4.07. The molecule has 0 radical (unpaired) electrons. The monoisotopic (exact) mass is 262 g/mol. The van der Waals surface area contributed by atoms with Crippen molar-refractivity contribution >= 4 is 18.0 Å². The Bertz CT molecular complexity index is 647. The molecule has 0 N–H and O–H groups in total. The molecule has 20 heavy (non-hydrogen) atoms. The van der Waals surface area contributed by atoms with E-state index in [9.17, 15) is 0 Å². The van der Waals surface area contributed by atoms with Gasteiger partial charge in [0, 0.05) is 6.21 Å². The Morgan fingerprint density at radius 3 is 2.35 bits per heavy atom. The van der Waals surface area contributed by atoms with Crippen molar-refractivity contribution in [3.63, 3.8) is 0 Å². The molecule has 98 valence electrons. The van der Waals surface area contributed by atoms with Crippen LogP contribution in [-0.2, 0) is 0 Å². The minimum atomic E-state index is 0.637. The van der Waals surface area contributed by atoms with Gasteiger partial charge < -0.3 is 4.74 Å². The summed E-state index contributed by atoms with van der Waals surface area (Å²) >= 11 is 0. The second-order valence-corrected chi connectivity index (χ2v) is 4.07. The molecule has 0 aromatic heterocycles. The molecule has 2 aromatic rings. The Morgan fingerprint density at radius 1 is 1.05 bits per heavy atom. The van der Waals surface area contributed by atoms with Gasteiger partial charge in [0.1, 0.15) is 5.75 Å². The highest BCUT2D eigenvalue weighted by atomic mass is 16.5. The molecule has 0 saturated heterocycles. The van der Waals surface area contributed by atoms with Gasteiger partial charge in [-0.3, -0.25) is 4.99 Å². The van der Waals surface area contributed by atoms with Gasteiger partial charge in [0.05, 0.1) is 24.4 Å². The molecule has 0 aliphatic rings. The zero-order valence-electron chi connectivity index (χ0n) is 11.2. The first kappa shape index (κ1) is 13.6. The number of nitriles is 1. The van der Waals surface area contributed by atoms with Crippen molar-refractivity contribution in [3.8, 4) is 11.8 Å². The first-order chi connectivity index (χ1) is 9.81. The third-order valence-corrected chi connectivity index (χ3v) is 2.71. The van der Waals surface area contributed by atoms with Gasteiger partial charge in [-0.1, -0.05) is 18.2 Å². The zero-order valence-corrected chi connectivity index (χ0v) is 11.2. The SMILES string of the molecule is COc1ccc(/C=C/C=Nc2ccc(C#N)cc2)cc1. The lowest BCUT2D eigenvalue weighted by Crippen LogP contribution is -1.81. The van der Waals surface area contributed by atoms with Crippen LogP contribution >= 0.6 is 0 Å².